The Bertz CT molecular complexity index is 4050. The Balaban J connectivity index is 1.28. The molecule has 0 saturated carbocycles. The molecule has 7 rings (SSSR count). The van der Waals surface area contributed by atoms with Crippen LogP contribution in [0.15, 0.2) is 79.1 Å². The summed E-state index contributed by atoms with van der Waals surface area (Å²) in [5.74, 6) is -16.3. The lowest BCUT2D eigenvalue weighted by Gasteiger charge is -2.31. The quantitative estimate of drug-likeness (QED) is 0.0185. The predicted molar refractivity (Wildman–Crippen MR) is 412 cm³/mol. The molecule has 0 aliphatic carbocycles. The van der Waals surface area contributed by atoms with Crippen LogP contribution in [0.25, 0.3) is 21.8 Å². The number of Topliss-reactive ketones (excluding diaryl/α,β-unsaturated/α-hetero) is 6. The normalized spacial score (nSPS) is 20.8. The fraction of sp³-hybridized carbons (Fsp3) is 0.557. The molecular formula is C79H106ClN9O16S2. The Morgan fingerprint density at radius 3 is 1.95 bits per heavy atom. The Morgan fingerprint density at radius 2 is 1.36 bits per heavy atom. The monoisotopic (exact) mass is 1540 g/mol. The summed E-state index contributed by atoms with van der Waals surface area (Å²) in [6.07, 6.45) is -0.950. The molecule has 28 heteroatoms. The van der Waals surface area contributed by atoms with Crippen molar-refractivity contribution in [2.75, 3.05) is 24.6 Å². The highest BCUT2D eigenvalue weighted by molar-refractivity contribution is 8.76. The van der Waals surface area contributed by atoms with Crippen LogP contribution in [0.2, 0.25) is 5.02 Å². The molecule has 25 nitrogen and oxygen atoms in total. The number of carboxylic acid groups (broad SMARTS) is 1. The van der Waals surface area contributed by atoms with E-state index < -0.39 is 198 Å². The van der Waals surface area contributed by atoms with E-state index in [9.17, 15) is 53.7 Å². The molecule has 107 heavy (non-hydrogen) atoms. The maximum absolute atomic E-state index is 15.6. The first-order valence-electron chi connectivity index (χ1n) is 36.8. The zero-order chi connectivity index (χ0) is 78.8. The number of primary amides is 1. The highest BCUT2D eigenvalue weighted by atomic mass is 35.5. The van der Waals surface area contributed by atoms with Crippen LogP contribution in [0.5, 0.6) is 5.75 Å². The number of hydrogen-bond acceptors (Lipinski definition) is 18. The van der Waals surface area contributed by atoms with Gasteiger partial charge >= 0.3 is 5.97 Å². The molecule has 2 fully saturated rings. The second-order valence-electron chi connectivity index (χ2n) is 31.3. The number of halogens is 1. The zero-order valence-corrected chi connectivity index (χ0v) is 65.2. The number of carbonyl (C=O) groups is 13. The maximum Gasteiger partial charge on any atom is 0.303 e. The predicted octanol–water partition coefficient (Wildman–Crippen LogP) is 8.43. The number of amides is 6. The van der Waals surface area contributed by atoms with Crippen molar-refractivity contribution in [2.45, 2.75) is 207 Å². The van der Waals surface area contributed by atoms with Gasteiger partial charge in [0, 0.05) is 144 Å². The minimum absolute atomic E-state index is 0.000527. The Hall–Kier alpha value is -8.24. The number of carbonyl (C=O) groups excluding carboxylic acids is 12. The topological polar surface area (TPSA) is 404 Å². The second-order valence-corrected chi connectivity index (χ2v) is 34.3. The van der Waals surface area contributed by atoms with Gasteiger partial charge < -0.3 is 62.5 Å². The number of H-pyrrole nitrogens is 2. The van der Waals surface area contributed by atoms with E-state index in [1.54, 1.807) is 40.1 Å². The number of nitrogens with two attached hydrogens (primary N) is 1. The number of phenolic OH excluding ortho intramolecular Hbond substituents is 1. The van der Waals surface area contributed by atoms with Gasteiger partial charge in [0.2, 0.25) is 35.4 Å². The largest absolute Gasteiger partial charge is 0.506 e. The number of hydrogen-bond donors (Lipinski definition) is 11. The molecule has 2 aliphatic rings. The maximum atomic E-state index is 15.6. The summed E-state index contributed by atoms with van der Waals surface area (Å²) in [6.45, 7) is 17.0. The van der Waals surface area contributed by atoms with E-state index in [-0.39, 0.29) is 91.8 Å². The van der Waals surface area contributed by atoms with E-state index in [1.807, 2.05) is 90.1 Å². The summed E-state index contributed by atoms with van der Waals surface area (Å²) in [5, 5.41) is 48.0. The number of aromatic hydroxyl groups is 1. The SMILES string of the molecule is CCC(C)[C@H](NC(=O)[C@@H](CC(=O)[C@@H]1CSSC[C@H](NC(=O)[C@@H](CCC(=O)O)CC(=O)[C@H](Cc2c[nH]c3ccccc23)NC(C)(C)C)C(=O)N2C[C@H](O)C[C@@H]2C(=O)C[C@@H](Cc2ccc(O)c(Cl)c2)C(=O)NCC(=O)C[C@@H](CC(C)C)C(=O)N1)Cc1c[nH]c2ccccc12)C(=O)C[C@@H](CCC(N)=O)C(=O)C(C)(C)C. The standard InChI is InChI=1S/C79H106ClN9O16S2/c1-11-44(4)71(68(96)32-46(21-24-69(81)97)72(100)78(5,6)7)87-76(104)50(29-51-37-82-58-18-14-12-16-55(51)58)34-66(94)61-41-106-107-42-62(86-74(102)47(22-25-70(98)99)33-65(93)60(88-79(8,9)10)31-52-38-83-59-19-15-13-17-56(52)59)77(105)89-40-54(91)36-63(89)67(95)35-49(27-45-20-23-64(92)57(80)28-45)73(101)84-39-53(90)30-48(26-43(2)3)75(103)85-61/h12-20,23,28,37-38,43-44,46-50,54,60-63,71,82-83,88,91-92H,11,21-22,24-27,29-36,39-42H2,1-10H3,(H2,81,97)(H,84,101)(H,85,103)(H,86,102)(H,87,104)(H,98,99)/t44?,46-,47+,48-,49-,50-,54-,60+,61+,62+,63-,71+/m1/s1. The van der Waals surface area contributed by atoms with E-state index in [0.29, 0.717) is 17.5 Å². The summed E-state index contributed by atoms with van der Waals surface area (Å²) in [6, 6.07) is 12.6. The number of para-hydroxylation sites is 2. The number of carboxylic acids is 1. The van der Waals surface area contributed by atoms with Crippen LogP contribution in [0.1, 0.15) is 163 Å². The van der Waals surface area contributed by atoms with Gasteiger partial charge in [0.05, 0.1) is 41.8 Å². The molecule has 4 heterocycles. The minimum Gasteiger partial charge on any atom is -0.506 e. The van der Waals surface area contributed by atoms with Gasteiger partial charge in [-0.1, -0.05) is 131 Å². The van der Waals surface area contributed by atoms with Crippen molar-refractivity contribution in [3.05, 3.63) is 101 Å². The van der Waals surface area contributed by atoms with Crippen LogP contribution < -0.4 is 32.3 Å². The second kappa shape index (κ2) is 39.2. The number of benzene rings is 3. The highest BCUT2D eigenvalue weighted by Gasteiger charge is 2.44. The van der Waals surface area contributed by atoms with E-state index >= 15 is 24.0 Å². The Kier molecular flexibility index (Phi) is 31.5. The molecule has 582 valence electrons. The summed E-state index contributed by atoms with van der Waals surface area (Å²) in [5.41, 5.74) is 7.41. The number of phenols is 1. The van der Waals surface area contributed by atoms with Gasteiger partial charge in [0.1, 0.15) is 17.6 Å². The smallest absolute Gasteiger partial charge is 0.303 e. The van der Waals surface area contributed by atoms with Crippen molar-refractivity contribution < 1.29 is 77.6 Å². The number of aromatic amines is 2. The van der Waals surface area contributed by atoms with E-state index in [1.165, 1.54) is 18.2 Å². The Morgan fingerprint density at radius 1 is 0.738 bits per heavy atom. The number of aromatic nitrogens is 2. The van der Waals surface area contributed by atoms with Crippen molar-refractivity contribution in [1.29, 1.82) is 0 Å². The van der Waals surface area contributed by atoms with Crippen LogP contribution >= 0.6 is 33.2 Å². The number of aliphatic hydroxyl groups is 1. The average molecular weight is 1540 g/mol. The van der Waals surface area contributed by atoms with Crippen LogP contribution in [-0.4, -0.2) is 173 Å². The summed E-state index contributed by atoms with van der Waals surface area (Å²) in [7, 11) is 1.97. The molecule has 0 radical (unpaired) electrons. The Labute approximate surface area is 637 Å². The average Bonchev–Trinajstić information content (AvgIpc) is 1.69. The summed E-state index contributed by atoms with van der Waals surface area (Å²) in [4.78, 5) is 195. The molecule has 2 aliphatic heterocycles. The fourth-order valence-electron chi connectivity index (χ4n) is 14.1. The van der Waals surface area contributed by atoms with E-state index in [0.717, 1.165) is 53.9 Å². The van der Waals surface area contributed by atoms with Gasteiger partial charge in [-0.3, -0.25) is 62.3 Å². The minimum atomic E-state index is -1.60. The van der Waals surface area contributed by atoms with Gasteiger partial charge in [-0.05, 0) is 112 Å². The van der Waals surface area contributed by atoms with Crippen molar-refractivity contribution in [3.63, 3.8) is 0 Å². The van der Waals surface area contributed by atoms with E-state index in [2.05, 4.69) is 36.6 Å². The van der Waals surface area contributed by atoms with Gasteiger partial charge in [-0.25, -0.2) is 0 Å². The number of nitrogens with one attached hydrogen (secondary N) is 7. The molecule has 0 bridgehead atoms. The molecule has 1 unspecified atom stereocenters. The number of nitrogens with zero attached hydrogens (tertiary/aromatic N) is 1. The highest BCUT2D eigenvalue weighted by Crippen LogP contribution is 2.34. The zero-order valence-electron chi connectivity index (χ0n) is 62.8. The van der Waals surface area contributed by atoms with Crippen molar-refractivity contribution >= 4 is 131 Å². The van der Waals surface area contributed by atoms with Gasteiger partial charge in [0.15, 0.2) is 28.9 Å². The number of fused-ring (bicyclic) bond motifs is 3. The molecule has 2 aromatic heterocycles. The molecular weight excluding hydrogens is 1430 g/mol. The molecule has 0 spiro atoms. The summed E-state index contributed by atoms with van der Waals surface area (Å²) < 4.78 is 0. The van der Waals surface area contributed by atoms with Crippen LogP contribution in [0.3, 0.4) is 0 Å². The molecule has 12 N–H and O–H groups in total. The third-order valence-corrected chi connectivity index (χ3v) is 22.6. The lowest BCUT2D eigenvalue weighted by Crippen LogP contribution is -2.54. The first-order chi connectivity index (χ1) is 50.4. The number of ketones is 6. The first-order valence-corrected chi connectivity index (χ1v) is 39.7. The number of rotatable bonds is 31. The van der Waals surface area contributed by atoms with Crippen LogP contribution in [-0.2, 0) is 81.6 Å². The van der Waals surface area contributed by atoms with Crippen molar-refractivity contribution in [1.82, 2.24) is 41.5 Å². The molecule has 2 saturated heterocycles. The van der Waals surface area contributed by atoms with Gasteiger partial charge in [-0.15, -0.1) is 0 Å². The van der Waals surface area contributed by atoms with E-state index in [4.69, 9.17) is 17.3 Å². The number of aliphatic hydroxyl groups excluding tert-OH is 1. The molecule has 6 amide bonds. The molecule has 3 aromatic carbocycles. The molecule has 5 aromatic rings. The fourth-order valence-corrected chi connectivity index (χ4v) is 16.6. The summed E-state index contributed by atoms with van der Waals surface area (Å²) >= 11 is 6.32. The van der Waals surface area contributed by atoms with Crippen molar-refractivity contribution in [2.24, 2.45) is 52.6 Å². The first kappa shape index (κ1) is 86.0. The van der Waals surface area contributed by atoms with Gasteiger partial charge in [0.25, 0.3) is 0 Å². The van der Waals surface area contributed by atoms with Crippen LogP contribution in [0.4, 0.5) is 0 Å². The lowest BCUT2D eigenvalue weighted by molar-refractivity contribution is -0.142. The van der Waals surface area contributed by atoms with Crippen molar-refractivity contribution in [3.8, 4) is 5.75 Å². The third kappa shape index (κ3) is 25.4. The lowest BCUT2D eigenvalue weighted by atomic mass is 9.77. The van der Waals surface area contributed by atoms with Gasteiger partial charge in [-0.2, -0.15) is 0 Å². The van der Waals surface area contributed by atoms with Crippen LogP contribution in [0, 0.1) is 46.8 Å². The third-order valence-electron chi connectivity index (χ3n) is 19.9. The number of aliphatic carboxylic acids is 1. The molecule has 12 atom stereocenters.